The number of Topliss-reactive ketones (excluding diaryl/α,β-unsaturated/α-hetero) is 1. The summed E-state index contributed by atoms with van der Waals surface area (Å²) in [5.41, 5.74) is 1.23. The van der Waals surface area contributed by atoms with Crippen LogP contribution in [-0.4, -0.2) is 85.1 Å². The normalized spacial score (nSPS) is 26.7. The molecule has 6 heteroatoms. The molecule has 0 bridgehead atoms. The lowest BCUT2D eigenvalue weighted by molar-refractivity contribution is 0.0628. The maximum atomic E-state index is 11.5. The number of carbonyl (C=O) groups excluding carboxylic acids is 1. The predicted molar refractivity (Wildman–Crippen MR) is 107 cm³/mol. The van der Waals surface area contributed by atoms with Crippen LogP contribution in [0.4, 0.5) is 0 Å². The van der Waals surface area contributed by atoms with E-state index in [1.54, 1.807) is 18.3 Å². The smallest absolute Gasteiger partial charge is 0.169 e. The number of piperidine rings is 1. The highest BCUT2D eigenvalue weighted by Crippen LogP contribution is 2.26. The van der Waals surface area contributed by atoms with E-state index in [4.69, 9.17) is 0 Å². The Morgan fingerprint density at radius 3 is 2.73 bits per heavy atom. The van der Waals surface area contributed by atoms with Crippen molar-refractivity contribution >= 4 is 17.1 Å². The summed E-state index contributed by atoms with van der Waals surface area (Å²) in [6.07, 6.45) is 2.38. The molecule has 3 rings (SSSR count). The SMILES string of the molecule is CC(=O)c1cc(CN2C[C@H](CO)C[C@@H](CN3CCCN(C)CC3)C2)cs1. The molecule has 1 aromatic heterocycles. The van der Waals surface area contributed by atoms with Gasteiger partial charge in [-0.05, 0) is 68.7 Å². The lowest BCUT2D eigenvalue weighted by Crippen LogP contribution is -2.45. The molecule has 26 heavy (non-hydrogen) atoms. The molecule has 0 amide bonds. The van der Waals surface area contributed by atoms with Gasteiger partial charge in [0.25, 0.3) is 0 Å². The van der Waals surface area contributed by atoms with E-state index in [9.17, 15) is 9.90 Å². The van der Waals surface area contributed by atoms with Gasteiger partial charge in [-0.1, -0.05) is 0 Å². The first-order valence-corrected chi connectivity index (χ1v) is 10.7. The Hall–Kier alpha value is -0.790. The quantitative estimate of drug-likeness (QED) is 0.767. The average Bonchev–Trinajstić information content (AvgIpc) is 2.98. The fourth-order valence-electron chi connectivity index (χ4n) is 4.37. The summed E-state index contributed by atoms with van der Waals surface area (Å²) < 4.78 is 0. The molecule has 0 saturated carbocycles. The van der Waals surface area contributed by atoms with Crippen LogP contribution in [0.25, 0.3) is 0 Å². The molecule has 0 radical (unpaired) electrons. The van der Waals surface area contributed by atoms with Gasteiger partial charge in [-0.2, -0.15) is 0 Å². The van der Waals surface area contributed by atoms with Crippen molar-refractivity contribution < 1.29 is 9.90 Å². The van der Waals surface area contributed by atoms with Gasteiger partial charge in [-0.25, -0.2) is 0 Å². The lowest BCUT2D eigenvalue weighted by atomic mass is 9.89. The molecular formula is C20H33N3O2S. The second-order valence-electron chi connectivity index (χ2n) is 8.18. The lowest BCUT2D eigenvalue weighted by Gasteiger charge is -2.39. The summed E-state index contributed by atoms with van der Waals surface area (Å²) >= 11 is 1.55. The molecule has 0 aliphatic carbocycles. The minimum atomic E-state index is 0.150. The Balaban J connectivity index is 1.57. The molecule has 0 unspecified atom stereocenters. The van der Waals surface area contributed by atoms with E-state index in [-0.39, 0.29) is 12.4 Å². The first kappa shape index (κ1) is 20.0. The van der Waals surface area contributed by atoms with Gasteiger partial charge in [0.1, 0.15) is 0 Å². The van der Waals surface area contributed by atoms with Crippen molar-refractivity contribution in [1.29, 1.82) is 0 Å². The fourth-order valence-corrected chi connectivity index (χ4v) is 5.17. The molecule has 1 N–H and O–H groups in total. The second kappa shape index (κ2) is 9.42. The third-order valence-electron chi connectivity index (χ3n) is 5.69. The third kappa shape index (κ3) is 5.60. The van der Waals surface area contributed by atoms with E-state index >= 15 is 0 Å². The number of likely N-dealkylation sites (tertiary alicyclic amines) is 1. The number of hydrogen-bond acceptors (Lipinski definition) is 6. The molecule has 2 aliphatic rings. The molecule has 3 heterocycles. The fraction of sp³-hybridized carbons (Fsp3) is 0.750. The molecule has 0 aromatic carbocycles. The van der Waals surface area contributed by atoms with Gasteiger partial charge in [0.2, 0.25) is 0 Å². The molecule has 2 fully saturated rings. The Morgan fingerprint density at radius 1 is 1.19 bits per heavy atom. The van der Waals surface area contributed by atoms with E-state index in [0.717, 1.165) is 50.6 Å². The highest BCUT2D eigenvalue weighted by Gasteiger charge is 2.28. The first-order chi connectivity index (χ1) is 12.5. The van der Waals surface area contributed by atoms with Crippen molar-refractivity contribution in [2.24, 2.45) is 11.8 Å². The third-order valence-corrected chi connectivity index (χ3v) is 6.77. The van der Waals surface area contributed by atoms with Crippen molar-refractivity contribution in [3.05, 3.63) is 21.9 Å². The number of ketones is 1. The van der Waals surface area contributed by atoms with Crippen LogP contribution < -0.4 is 0 Å². The molecule has 2 atom stereocenters. The van der Waals surface area contributed by atoms with Crippen LogP contribution >= 0.6 is 11.3 Å². The number of hydrogen-bond donors (Lipinski definition) is 1. The molecule has 0 spiro atoms. The van der Waals surface area contributed by atoms with Crippen molar-refractivity contribution in [3.8, 4) is 0 Å². The van der Waals surface area contributed by atoms with E-state index in [0.29, 0.717) is 11.8 Å². The van der Waals surface area contributed by atoms with E-state index in [1.807, 2.05) is 6.07 Å². The second-order valence-corrected chi connectivity index (χ2v) is 9.09. The van der Waals surface area contributed by atoms with Gasteiger partial charge >= 0.3 is 0 Å². The number of rotatable bonds is 6. The summed E-state index contributed by atoms with van der Waals surface area (Å²) in [7, 11) is 2.21. The molecule has 5 nitrogen and oxygen atoms in total. The molecule has 1 aromatic rings. The Bertz CT molecular complexity index is 591. The molecule has 2 aliphatic heterocycles. The highest BCUT2D eigenvalue weighted by atomic mass is 32.1. The van der Waals surface area contributed by atoms with Crippen molar-refractivity contribution in [2.75, 3.05) is 59.5 Å². The zero-order valence-corrected chi connectivity index (χ0v) is 17.0. The van der Waals surface area contributed by atoms with Crippen molar-refractivity contribution in [2.45, 2.75) is 26.3 Å². The summed E-state index contributed by atoms with van der Waals surface area (Å²) in [6, 6.07) is 2.04. The number of thiophene rings is 1. The first-order valence-electron chi connectivity index (χ1n) is 9.86. The molecule has 146 valence electrons. The number of nitrogens with zero attached hydrogens (tertiary/aromatic N) is 3. The minimum Gasteiger partial charge on any atom is -0.396 e. The average molecular weight is 380 g/mol. The van der Waals surface area contributed by atoms with Crippen LogP contribution in [0.5, 0.6) is 0 Å². The molecule has 2 saturated heterocycles. The number of likely N-dealkylation sites (N-methyl/N-ethyl adjacent to an activating group) is 1. The summed E-state index contributed by atoms with van der Waals surface area (Å²) in [5.74, 6) is 1.14. The van der Waals surface area contributed by atoms with Gasteiger partial charge in [-0.15, -0.1) is 11.3 Å². The van der Waals surface area contributed by atoms with Gasteiger partial charge in [0.15, 0.2) is 5.78 Å². The Kier molecular flexibility index (Phi) is 7.23. The Labute approximate surface area is 161 Å². The maximum absolute atomic E-state index is 11.5. The van der Waals surface area contributed by atoms with Crippen LogP contribution in [0.3, 0.4) is 0 Å². The minimum absolute atomic E-state index is 0.150. The topological polar surface area (TPSA) is 47.0 Å². The van der Waals surface area contributed by atoms with Crippen LogP contribution in [0.2, 0.25) is 0 Å². The number of carbonyl (C=O) groups is 1. The van der Waals surface area contributed by atoms with Crippen molar-refractivity contribution in [1.82, 2.24) is 14.7 Å². The summed E-state index contributed by atoms with van der Waals surface area (Å²) in [5, 5.41) is 11.9. The number of aliphatic hydroxyl groups excluding tert-OH is 1. The van der Waals surface area contributed by atoms with Crippen LogP contribution in [0.15, 0.2) is 11.4 Å². The van der Waals surface area contributed by atoms with E-state index in [2.05, 4.69) is 27.1 Å². The van der Waals surface area contributed by atoms with Crippen LogP contribution in [0, 0.1) is 11.8 Å². The van der Waals surface area contributed by atoms with Crippen LogP contribution in [-0.2, 0) is 6.54 Å². The summed E-state index contributed by atoms with van der Waals surface area (Å²) in [6.45, 7) is 10.7. The standard InChI is InChI=1S/C20H33N3O2S/c1-16(25)20-9-19(15-26-20)13-23-11-17(8-18(12-23)14-24)10-22-5-3-4-21(2)6-7-22/h9,15,17-18,24H,3-8,10-14H2,1-2H3/t17-,18+/m0/s1. The maximum Gasteiger partial charge on any atom is 0.169 e. The van der Waals surface area contributed by atoms with Gasteiger partial charge < -0.3 is 14.9 Å². The van der Waals surface area contributed by atoms with Gasteiger partial charge in [0.05, 0.1) is 4.88 Å². The van der Waals surface area contributed by atoms with Gasteiger partial charge in [0, 0.05) is 45.9 Å². The summed E-state index contributed by atoms with van der Waals surface area (Å²) in [4.78, 5) is 19.9. The van der Waals surface area contributed by atoms with Gasteiger partial charge in [-0.3, -0.25) is 9.69 Å². The monoisotopic (exact) mass is 379 g/mol. The predicted octanol–water partition coefficient (Wildman–Crippen LogP) is 2.02. The largest absolute Gasteiger partial charge is 0.396 e. The van der Waals surface area contributed by atoms with E-state index in [1.165, 1.54) is 25.1 Å². The van der Waals surface area contributed by atoms with Crippen molar-refractivity contribution in [3.63, 3.8) is 0 Å². The number of aliphatic hydroxyl groups is 1. The molecular weight excluding hydrogens is 346 g/mol. The van der Waals surface area contributed by atoms with Crippen LogP contribution in [0.1, 0.15) is 35.0 Å². The van der Waals surface area contributed by atoms with E-state index < -0.39 is 0 Å². The Morgan fingerprint density at radius 2 is 2.00 bits per heavy atom. The highest BCUT2D eigenvalue weighted by molar-refractivity contribution is 7.12. The zero-order valence-electron chi connectivity index (χ0n) is 16.2. The zero-order chi connectivity index (χ0) is 18.5.